The first-order valence-electron chi connectivity index (χ1n) is 4.59. The van der Waals surface area contributed by atoms with E-state index >= 15 is 0 Å². The molecule has 1 rings (SSSR count). The van der Waals surface area contributed by atoms with Gasteiger partial charge in [0.1, 0.15) is 5.82 Å². The summed E-state index contributed by atoms with van der Waals surface area (Å²) < 4.78 is 12.7. The summed E-state index contributed by atoms with van der Waals surface area (Å²) in [5.74, 6) is 5.54. The molecule has 0 spiro atoms. The first kappa shape index (κ1) is 10.7. The van der Waals surface area contributed by atoms with Gasteiger partial charge < -0.3 is 5.32 Å². The lowest BCUT2D eigenvalue weighted by Gasteiger charge is -2.05. The van der Waals surface area contributed by atoms with E-state index in [0.717, 1.165) is 17.7 Å². The van der Waals surface area contributed by atoms with E-state index in [1.165, 1.54) is 6.07 Å². The minimum absolute atomic E-state index is 0.181. The molecule has 0 amide bonds. The van der Waals surface area contributed by atoms with Crippen LogP contribution in [0.4, 0.5) is 4.39 Å². The molecule has 1 aromatic rings. The van der Waals surface area contributed by atoms with E-state index in [1.807, 2.05) is 13.8 Å². The third-order valence-electron chi connectivity index (χ3n) is 2.01. The van der Waals surface area contributed by atoms with E-state index < -0.39 is 0 Å². The predicted octanol–water partition coefficient (Wildman–Crippen LogP) is 2.25. The second-order valence-corrected chi connectivity index (χ2v) is 3.10. The van der Waals surface area contributed by atoms with Crippen molar-refractivity contribution < 1.29 is 4.39 Å². The second-order valence-electron chi connectivity index (χ2n) is 3.10. The zero-order chi connectivity index (χ0) is 10.4. The molecule has 74 valence electrons. The lowest BCUT2D eigenvalue weighted by molar-refractivity contribution is 0.624. The van der Waals surface area contributed by atoms with Crippen molar-refractivity contribution in [3.63, 3.8) is 0 Å². The zero-order valence-electron chi connectivity index (χ0n) is 8.52. The molecule has 1 aromatic carbocycles. The van der Waals surface area contributed by atoms with Crippen molar-refractivity contribution in [2.24, 2.45) is 0 Å². The number of hydrogen-bond acceptors (Lipinski definition) is 1. The first-order chi connectivity index (χ1) is 6.74. The normalized spacial score (nSPS) is 9.36. The molecule has 0 bridgehead atoms. The Morgan fingerprint density at radius 1 is 1.43 bits per heavy atom. The number of hydrogen-bond donors (Lipinski definition) is 1. The van der Waals surface area contributed by atoms with Crippen molar-refractivity contribution in [1.82, 2.24) is 5.32 Å². The maximum Gasteiger partial charge on any atom is 0.123 e. The molecule has 14 heavy (non-hydrogen) atoms. The fraction of sp³-hybridized carbons (Fsp3) is 0.333. The minimum Gasteiger partial charge on any atom is -0.302 e. The van der Waals surface area contributed by atoms with Crippen molar-refractivity contribution in [3.05, 3.63) is 35.1 Å². The van der Waals surface area contributed by atoms with Crippen LogP contribution in [-0.2, 0) is 6.54 Å². The Balaban J connectivity index is 2.53. The Morgan fingerprint density at radius 3 is 2.86 bits per heavy atom. The lowest BCUT2D eigenvalue weighted by Crippen LogP contribution is -2.14. The highest BCUT2D eigenvalue weighted by molar-refractivity contribution is 5.26. The summed E-state index contributed by atoms with van der Waals surface area (Å²) in [7, 11) is 0. The summed E-state index contributed by atoms with van der Waals surface area (Å²) >= 11 is 0. The number of aryl methyl sites for hydroxylation is 1. The van der Waals surface area contributed by atoms with E-state index in [2.05, 4.69) is 17.2 Å². The van der Waals surface area contributed by atoms with E-state index in [0.29, 0.717) is 6.54 Å². The maximum absolute atomic E-state index is 12.7. The first-order valence-corrected chi connectivity index (χ1v) is 4.59. The molecule has 0 aliphatic carbocycles. The van der Waals surface area contributed by atoms with E-state index in [9.17, 15) is 4.39 Å². The van der Waals surface area contributed by atoms with Crippen LogP contribution in [-0.4, -0.2) is 6.54 Å². The monoisotopic (exact) mass is 191 g/mol. The van der Waals surface area contributed by atoms with Gasteiger partial charge in [-0.25, -0.2) is 4.39 Å². The van der Waals surface area contributed by atoms with Gasteiger partial charge in [0.2, 0.25) is 0 Å². The van der Waals surface area contributed by atoms with E-state index in [4.69, 9.17) is 0 Å². The minimum atomic E-state index is -0.181. The van der Waals surface area contributed by atoms with Gasteiger partial charge in [-0.3, -0.25) is 0 Å². The van der Waals surface area contributed by atoms with Crippen LogP contribution in [0.1, 0.15) is 18.1 Å². The van der Waals surface area contributed by atoms with Gasteiger partial charge in [0.05, 0.1) is 6.54 Å². The van der Waals surface area contributed by atoms with Crippen molar-refractivity contribution in [1.29, 1.82) is 0 Å². The average Bonchev–Trinajstić information content (AvgIpc) is 2.15. The van der Waals surface area contributed by atoms with Crippen molar-refractivity contribution >= 4 is 0 Å². The third-order valence-corrected chi connectivity index (χ3v) is 2.01. The Hall–Kier alpha value is -1.33. The maximum atomic E-state index is 12.7. The fourth-order valence-corrected chi connectivity index (χ4v) is 1.21. The number of halogens is 1. The van der Waals surface area contributed by atoms with Gasteiger partial charge in [0.15, 0.2) is 0 Å². The Labute approximate surface area is 84.3 Å². The highest BCUT2D eigenvalue weighted by atomic mass is 19.1. The van der Waals surface area contributed by atoms with Crippen LogP contribution < -0.4 is 5.32 Å². The summed E-state index contributed by atoms with van der Waals surface area (Å²) in [6.07, 6.45) is 0. The molecule has 0 aliphatic rings. The van der Waals surface area contributed by atoms with Crippen LogP contribution in [0.3, 0.4) is 0 Å². The summed E-state index contributed by atoms with van der Waals surface area (Å²) in [5, 5.41) is 3.17. The smallest absolute Gasteiger partial charge is 0.123 e. The topological polar surface area (TPSA) is 12.0 Å². The van der Waals surface area contributed by atoms with Crippen LogP contribution in [0.5, 0.6) is 0 Å². The van der Waals surface area contributed by atoms with Crippen molar-refractivity contribution in [2.75, 3.05) is 6.54 Å². The molecule has 1 nitrogen and oxygen atoms in total. The van der Waals surface area contributed by atoms with Crippen molar-refractivity contribution in [3.8, 4) is 11.8 Å². The van der Waals surface area contributed by atoms with Crippen LogP contribution in [0.15, 0.2) is 18.2 Å². The highest BCUT2D eigenvalue weighted by Crippen LogP contribution is 2.09. The molecular weight excluding hydrogens is 177 g/mol. The SMILES string of the molecule is CC#CCNCc1ccc(F)cc1C. The van der Waals surface area contributed by atoms with Gasteiger partial charge in [-0.2, -0.15) is 0 Å². The quantitative estimate of drug-likeness (QED) is 0.570. The highest BCUT2D eigenvalue weighted by Gasteiger charge is 1.98. The molecule has 0 atom stereocenters. The largest absolute Gasteiger partial charge is 0.302 e. The van der Waals surface area contributed by atoms with Gasteiger partial charge in [-0.05, 0) is 37.1 Å². The van der Waals surface area contributed by atoms with Crippen LogP contribution >= 0.6 is 0 Å². The molecule has 0 saturated carbocycles. The van der Waals surface area contributed by atoms with Crippen LogP contribution in [0, 0.1) is 24.6 Å². The molecule has 0 unspecified atom stereocenters. The molecule has 1 N–H and O–H groups in total. The fourth-order valence-electron chi connectivity index (χ4n) is 1.21. The van der Waals surface area contributed by atoms with E-state index in [1.54, 1.807) is 12.1 Å². The van der Waals surface area contributed by atoms with Crippen molar-refractivity contribution in [2.45, 2.75) is 20.4 Å². The summed E-state index contributed by atoms with van der Waals surface area (Å²) in [6.45, 7) is 5.13. The number of nitrogens with one attached hydrogen (secondary N) is 1. The second kappa shape index (κ2) is 5.41. The summed E-state index contributed by atoms with van der Waals surface area (Å²) in [6, 6.07) is 4.83. The Kier molecular flexibility index (Phi) is 4.15. The van der Waals surface area contributed by atoms with Gasteiger partial charge >= 0.3 is 0 Å². The average molecular weight is 191 g/mol. The molecule has 2 heteroatoms. The molecule has 0 aromatic heterocycles. The van der Waals surface area contributed by atoms with Crippen LogP contribution in [0.2, 0.25) is 0 Å². The predicted molar refractivity (Wildman–Crippen MR) is 56.3 cm³/mol. The van der Waals surface area contributed by atoms with E-state index in [-0.39, 0.29) is 5.82 Å². The molecule has 0 saturated heterocycles. The van der Waals surface area contributed by atoms with Crippen LogP contribution in [0.25, 0.3) is 0 Å². The standard InChI is InChI=1S/C12H14FN/c1-3-4-7-14-9-11-5-6-12(13)8-10(11)2/h5-6,8,14H,7,9H2,1-2H3. The van der Waals surface area contributed by atoms with Gasteiger partial charge in [0.25, 0.3) is 0 Å². The summed E-state index contributed by atoms with van der Waals surface area (Å²) in [4.78, 5) is 0. The molecule has 0 radical (unpaired) electrons. The van der Waals surface area contributed by atoms with Gasteiger partial charge in [0, 0.05) is 6.54 Å². The Morgan fingerprint density at radius 2 is 2.21 bits per heavy atom. The molecule has 0 heterocycles. The Bertz CT molecular complexity index is 360. The third kappa shape index (κ3) is 3.20. The molecular formula is C12H14FN. The number of rotatable bonds is 3. The molecule has 0 fully saturated rings. The van der Waals surface area contributed by atoms with Gasteiger partial charge in [-0.15, -0.1) is 5.92 Å². The number of benzene rings is 1. The zero-order valence-corrected chi connectivity index (χ0v) is 8.52. The molecule has 0 aliphatic heterocycles. The summed E-state index contributed by atoms with van der Waals surface area (Å²) in [5.41, 5.74) is 2.09. The lowest BCUT2D eigenvalue weighted by atomic mass is 10.1. The van der Waals surface area contributed by atoms with Gasteiger partial charge in [-0.1, -0.05) is 12.0 Å².